The maximum Gasteiger partial charge on any atom is 0.217 e. The summed E-state index contributed by atoms with van der Waals surface area (Å²) in [6, 6.07) is 0.569. The van der Waals surface area contributed by atoms with Crippen LogP contribution in [0.3, 0.4) is 0 Å². The second kappa shape index (κ2) is 10.3. The Hall–Kier alpha value is -0.570. The number of carbonyl (C=O) groups is 1. The van der Waals surface area contributed by atoms with Gasteiger partial charge in [0.05, 0.1) is 6.54 Å². The summed E-state index contributed by atoms with van der Waals surface area (Å²) in [7, 11) is 2.18. The van der Waals surface area contributed by atoms with E-state index in [1.54, 1.807) is 0 Å². The van der Waals surface area contributed by atoms with E-state index in [0.29, 0.717) is 18.4 Å². The average Bonchev–Trinajstić information content (AvgIpc) is 2.88. The van der Waals surface area contributed by atoms with E-state index >= 15 is 0 Å². The number of guanidine groups is 1. The van der Waals surface area contributed by atoms with E-state index in [1.165, 1.54) is 19.4 Å². The fraction of sp³-hybridized carbons (Fsp3) is 0.875. The number of rotatable bonds is 5. The topological polar surface area (TPSA) is 74.0 Å². The second-order valence-corrected chi connectivity index (χ2v) is 6.60. The van der Waals surface area contributed by atoms with Gasteiger partial charge in [0, 0.05) is 32.1 Å². The van der Waals surface area contributed by atoms with Gasteiger partial charge in [-0.3, -0.25) is 9.79 Å². The third kappa shape index (κ3) is 6.45. The van der Waals surface area contributed by atoms with Crippen LogP contribution in [0.5, 0.6) is 0 Å². The molecule has 0 spiro atoms. The first-order valence-electron chi connectivity index (χ1n) is 8.62. The minimum atomic E-state index is -0.193. The van der Waals surface area contributed by atoms with Crippen molar-refractivity contribution in [1.82, 2.24) is 15.1 Å². The van der Waals surface area contributed by atoms with Crippen LogP contribution in [0.25, 0.3) is 0 Å². The molecule has 0 radical (unpaired) electrons. The molecule has 134 valence electrons. The summed E-state index contributed by atoms with van der Waals surface area (Å²) in [6.07, 6.45) is 5.19. The Bertz CT molecular complexity index is 404. The quantitative estimate of drug-likeness (QED) is 0.386. The Balaban J connectivity index is 0.00000264. The van der Waals surface area contributed by atoms with Crippen LogP contribution in [-0.4, -0.2) is 67.5 Å². The number of nitrogens with one attached hydrogen (secondary N) is 1. The number of nitrogens with two attached hydrogens (primary N) is 1. The highest BCUT2D eigenvalue weighted by Gasteiger charge is 2.25. The van der Waals surface area contributed by atoms with Crippen molar-refractivity contribution in [2.45, 2.75) is 45.1 Å². The van der Waals surface area contributed by atoms with Gasteiger partial charge in [-0.05, 0) is 52.1 Å². The van der Waals surface area contributed by atoms with Gasteiger partial charge in [0.1, 0.15) is 0 Å². The lowest BCUT2D eigenvalue weighted by Crippen LogP contribution is -2.47. The smallest absolute Gasteiger partial charge is 0.217 e. The number of hydrogen-bond acceptors (Lipinski definition) is 3. The summed E-state index contributed by atoms with van der Waals surface area (Å²) in [6.45, 7) is 6.91. The lowest BCUT2D eigenvalue weighted by Gasteiger charge is -2.35. The Morgan fingerprint density at radius 1 is 1.30 bits per heavy atom. The molecule has 3 N–H and O–H groups in total. The van der Waals surface area contributed by atoms with Gasteiger partial charge in [0.25, 0.3) is 0 Å². The van der Waals surface area contributed by atoms with Crippen LogP contribution < -0.4 is 11.1 Å². The van der Waals surface area contributed by atoms with E-state index in [4.69, 9.17) is 10.7 Å². The Morgan fingerprint density at radius 3 is 2.65 bits per heavy atom. The largest absolute Gasteiger partial charge is 0.370 e. The van der Waals surface area contributed by atoms with Gasteiger partial charge in [-0.25, -0.2) is 0 Å². The van der Waals surface area contributed by atoms with E-state index in [9.17, 15) is 4.79 Å². The summed E-state index contributed by atoms with van der Waals surface area (Å²) < 4.78 is 0. The number of primary amides is 1. The molecule has 1 amide bonds. The number of likely N-dealkylation sites (tertiary alicyclic amines) is 2. The summed E-state index contributed by atoms with van der Waals surface area (Å²) in [4.78, 5) is 20.7. The second-order valence-electron chi connectivity index (χ2n) is 6.60. The van der Waals surface area contributed by atoms with Crippen LogP contribution >= 0.6 is 24.0 Å². The number of hydrogen-bond donors (Lipinski definition) is 2. The van der Waals surface area contributed by atoms with Gasteiger partial charge in [0.15, 0.2) is 5.96 Å². The van der Waals surface area contributed by atoms with E-state index in [0.717, 1.165) is 45.0 Å². The van der Waals surface area contributed by atoms with Crippen LogP contribution in [0.2, 0.25) is 0 Å². The first-order valence-corrected chi connectivity index (χ1v) is 8.62. The number of aliphatic imine (C=N–C) groups is 1. The maximum atomic E-state index is 11.2. The highest BCUT2D eigenvalue weighted by molar-refractivity contribution is 14.0. The molecule has 0 saturated carbocycles. The Morgan fingerprint density at radius 2 is 2.04 bits per heavy atom. The normalized spacial score (nSPS) is 26.0. The zero-order chi connectivity index (χ0) is 15.9. The molecule has 0 aromatic heterocycles. The minimum Gasteiger partial charge on any atom is -0.370 e. The van der Waals surface area contributed by atoms with Crippen LogP contribution in [0.15, 0.2) is 4.99 Å². The standard InChI is InChI=1S/C16H31N5O.HI/c1-3-18-16(19-11-14-7-5-8-20(14)2)21-9-4-6-13(12-21)10-15(17)22;/h13-14H,3-12H2,1-2H3,(H2,17,22)(H,18,19);1H. The molecule has 2 saturated heterocycles. The number of amides is 1. The molecule has 2 aliphatic rings. The monoisotopic (exact) mass is 437 g/mol. The SMILES string of the molecule is CCNC(=NCC1CCCN1C)N1CCCC(CC(N)=O)C1.I. The third-order valence-corrected chi connectivity index (χ3v) is 4.77. The fourth-order valence-corrected chi connectivity index (χ4v) is 3.54. The predicted molar refractivity (Wildman–Crippen MR) is 105 cm³/mol. The highest BCUT2D eigenvalue weighted by Crippen LogP contribution is 2.20. The van der Waals surface area contributed by atoms with E-state index < -0.39 is 0 Å². The van der Waals surface area contributed by atoms with Crippen molar-refractivity contribution in [3.63, 3.8) is 0 Å². The molecule has 2 rings (SSSR count). The molecular weight excluding hydrogens is 405 g/mol. The van der Waals surface area contributed by atoms with Crippen LogP contribution in [-0.2, 0) is 4.79 Å². The summed E-state index contributed by atoms with van der Waals surface area (Å²) >= 11 is 0. The highest BCUT2D eigenvalue weighted by atomic mass is 127. The molecule has 6 nitrogen and oxygen atoms in total. The number of piperidine rings is 1. The minimum absolute atomic E-state index is 0. The van der Waals surface area contributed by atoms with Gasteiger partial charge >= 0.3 is 0 Å². The number of carbonyl (C=O) groups excluding carboxylic acids is 1. The van der Waals surface area contributed by atoms with Gasteiger partial charge in [-0.15, -0.1) is 24.0 Å². The number of nitrogens with zero attached hydrogens (tertiary/aromatic N) is 3. The average molecular weight is 437 g/mol. The molecule has 2 heterocycles. The Kier molecular flexibility index (Phi) is 9.19. The van der Waals surface area contributed by atoms with Crippen molar-refractivity contribution in [2.24, 2.45) is 16.6 Å². The van der Waals surface area contributed by atoms with Crippen molar-refractivity contribution in [1.29, 1.82) is 0 Å². The van der Waals surface area contributed by atoms with Crippen molar-refractivity contribution < 1.29 is 4.79 Å². The molecule has 2 fully saturated rings. The lowest BCUT2D eigenvalue weighted by molar-refractivity contribution is -0.119. The lowest BCUT2D eigenvalue weighted by atomic mass is 9.95. The molecular formula is C16H32IN5O. The zero-order valence-corrected chi connectivity index (χ0v) is 16.8. The molecule has 23 heavy (non-hydrogen) atoms. The van der Waals surface area contributed by atoms with Crippen molar-refractivity contribution in [3.8, 4) is 0 Å². The predicted octanol–water partition coefficient (Wildman–Crippen LogP) is 1.25. The van der Waals surface area contributed by atoms with Crippen LogP contribution in [0.1, 0.15) is 39.0 Å². The molecule has 2 atom stereocenters. The first-order chi connectivity index (χ1) is 10.6. The van der Waals surface area contributed by atoms with Crippen LogP contribution in [0.4, 0.5) is 0 Å². The Labute approximate surface area is 157 Å². The zero-order valence-electron chi connectivity index (χ0n) is 14.5. The number of halogens is 1. The molecule has 0 aliphatic carbocycles. The van der Waals surface area contributed by atoms with E-state index in [1.807, 2.05) is 0 Å². The number of likely N-dealkylation sites (N-methyl/N-ethyl adjacent to an activating group) is 1. The van der Waals surface area contributed by atoms with Gasteiger partial charge in [-0.2, -0.15) is 0 Å². The van der Waals surface area contributed by atoms with Gasteiger partial charge < -0.3 is 20.9 Å². The van der Waals surface area contributed by atoms with Gasteiger partial charge in [0.2, 0.25) is 5.91 Å². The van der Waals surface area contributed by atoms with Crippen LogP contribution in [0, 0.1) is 5.92 Å². The summed E-state index contributed by atoms with van der Waals surface area (Å²) in [5, 5.41) is 3.41. The molecule has 0 aromatic rings. The summed E-state index contributed by atoms with van der Waals surface area (Å²) in [5.41, 5.74) is 5.35. The summed E-state index contributed by atoms with van der Waals surface area (Å²) in [5.74, 6) is 1.17. The fourth-order valence-electron chi connectivity index (χ4n) is 3.54. The van der Waals surface area contributed by atoms with Crippen molar-refractivity contribution in [3.05, 3.63) is 0 Å². The van der Waals surface area contributed by atoms with Crippen molar-refractivity contribution >= 4 is 35.8 Å². The molecule has 0 bridgehead atoms. The molecule has 2 aliphatic heterocycles. The van der Waals surface area contributed by atoms with E-state index in [2.05, 4.69) is 29.1 Å². The van der Waals surface area contributed by atoms with Crippen molar-refractivity contribution in [2.75, 3.05) is 39.8 Å². The molecule has 7 heteroatoms. The third-order valence-electron chi connectivity index (χ3n) is 4.77. The first kappa shape index (κ1) is 20.5. The maximum absolute atomic E-state index is 11.2. The van der Waals surface area contributed by atoms with Gasteiger partial charge in [-0.1, -0.05) is 0 Å². The molecule has 0 aromatic carbocycles. The van der Waals surface area contributed by atoms with E-state index in [-0.39, 0.29) is 29.9 Å². The molecule has 2 unspecified atom stereocenters.